The molecule has 0 saturated carbocycles. The Bertz CT molecular complexity index is 1020. The zero-order chi connectivity index (χ0) is 23.1. The van der Waals surface area contributed by atoms with Gasteiger partial charge in [-0.1, -0.05) is 24.3 Å². The number of carbonyl (C=O) groups is 2. The molecule has 0 fully saturated rings. The van der Waals surface area contributed by atoms with E-state index in [0.29, 0.717) is 24.5 Å². The lowest BCUT2D eigenvalue weighted by Crippen LogP contribution is -2.04. The highest BCUT2D eigenvalue weighted by Crippen LogP contribution is 2.26. The van der Waals surface area contributed by atoms with E-state index in [2.05, 4.69) is 20.1 Å². The van der Waals surface area contributed by atoms with E-state index in [1.54, 1.807) is 24.3 Å². The van der Waals surface area contributed by atoms with Crippen LogP contribution >= 0.6 is 0 Å². The molecule has 0 bridgehead atoms. The van der Waals surface area contributed by atoms with Crippen LogP contribution in [0, 0.1) is 0 Å². The minimum absolute atomic E-state index is 0.0354. The molecule has 0 aliphatic carbocycles. The van der Waals surface area contributed by atoms with Crippen molar-refractivity contribution in [1.82, 2.24) is 0 Å². The molecular weight excluding hydrogens is 412 g/mol. The van der Waals surface area contributed by atoms with Crippen molar-refractivity contribution in [3.05, 3.63) is 82.9 Å². The van der Waals surface area contributed by atoms with Crippen LogP contribution in [0.15, 0.2) is 60.7 Å². The lowest BCUT2D eigenvalue weighted by molar-refractivity contribution is 0.0591. The molecule has 0 amide bonds. The Hall–Kier alpha value is -4.20. The lowest BCUT2D eigenvalue weighted by atomic mass is 10.1. The number of methoxy groups -OCH3 is 2. The highest BCUT2D eigenvalue weighted by molar-refractivity contribution is 5.91. The molecule has 32 heavy (non-hydrogen) atoms. The zero-order valence-corrected chi connectivity index (χ0v) is 17.7. The lowest BCUT2D eigenvalue weighted by Gasteiger charge is -2.12. The van der Waals surface area contributed by atoms with Crippen molar-refractivity contribution in [2.24, 2.45) is 0 Å². The van der Waals surface area contributed by atoms with Gasteiger partial charge >= 0.3 is 11.9 Å². The Kier molecular flexibility index (Phi) is 7.17. The van der Waals surface area contributed by atoms with E-state index in [1.165, 1.54) is 26.4 Å². The van der Waals surface area contributed by atoms with Crippen molar-refractivity contribution in [3.63, 3.8) is 0 Å². The molecule has 3 aromatic rings. The van der Waals surface area contributed by atoms with Gasteiger partial charge < -0.3 is 30.3 Å². The number of phenolic OH excluding ortho intramolecular Hbond substituents is 2. The molecule has 166 valence electrons. The molecule has 0 saturated heterocycles. The summed E-state index contributed by atoms with van der Waals surface area (Å²) in [6.45, 7) is 0.962. The van der Waals surface area contributed by atoms with Crippen molar-refractivity contribution in [3.8, 4) is 11.5 Å². The predicted octanol–water partition coefficient (Wildman–Crippen LogP) is 3.90. The van der Waals surface area contributed by atoms with E-state index in [1.807, 2.05) is 24.3 Å². The van der Waals surface area contributed by atoms with Gasteiger partial charge in [-0.2, -0.15) is 0 Å². The van der Waals surface area contributed by atoms with Crippen LogP contribution in [0.2, 0.25) is 0 Å². The van der Waals surface area contributed by atoms with Crippen LogP contribution < -0.4 is 10.6 Å². The fraction of sp³-hybridized carbons (Fsp3) is 0.167. The van der Waals surface area contributed by atoms with Gasteiger partial charge in [0.2, 0.25) is 0 Å². The summed E-state index contributed by atoms with van der Waals surface area (Å²) < 4.78 is 9.28. The number of ether oxygens (including phenoxy) is 2. The number of esters is 2. The maximum Gasteiger partial charge on any atom is 0.337 e. The summed E-state index contributed by atoms with van der Waals surface area (Å²) in [5.74, 6) is -1.09. The number of benzene rings is 3. The summed E-state index contributed by atoms with van der Waals surface area (Å²) in [6.07, 6.45) is 0. The summed E-state index contributed by atoms with van der Waals surface area (Å²) in [4.78, 5) is 23.0. The van der Waals surface area contributed by atoms with Crippen LogP contribution in [0.4, 0.5) is 11.4 Å². The second-order valence-electron chi connectivity index (χ2n) is 6.97. The third-order valence-electron chi connectivity index (χ3n) is 4.83. The summed E-state index contributed by atoms with van der Waals surface area (Å²) in [5.41, 5.74) is 3.56. The number of carbonyl (C=O) groups excluding carboxylic acids is 2. The third kappa shape index (κ3) is 5.48. The molecule has 8 heteroatoms. The minimum Gasteiger partial charge on any atom is -0.506 e. The van der Waals surface area contributed by atoms with Crippen molar-refractivity contribution in [2.45, 2.75) is 13.1 Å². The molecule has 0 unspecified atom stereocenters. The SMILES string of the molecule is COC(=O)c1ccc(NCc2ccc(CNc3ccc(C(=O)OC)cc3O)cc2)c(O)c1. The summed E-state index contributed by atoms with van der Waals surface area (Å²) in [5, 5.41) is 26.4. The van der Waals surface area contributed by atoms with Crippen molar-refractivity contribution in [1.29, 1.82) is 0 Å². The van der Waals surface area contributed by atoms with E-state index >= 15 is 0 Å². The van der Waals surface area contributed by atoms with Crippen LogP contribution in [0.3, 0.4) is 0 Å². The highest BCUT2D eigenvalue weighted by atomic mass is 16.5. The first-order valence-electron chi connectivity index (χ1n) is 9.79. The predicted molar refractivity (Wildman–Crippen MR) is 120 cm³/mol. The molecule has 3 rings (SSSR count). The Morgan fingerprint density at radius 1 is 0.688 bits per heavy atom. The van der Waals surface area contributed by atoms with Gasteiger partial charge in [0.15, 0.2) is 0 Å². The zero-order valence-electron chi connectivity index (χ0n) is 17.7. The van der Waals surface area contributed by atoms with Gasteiger partial charge in [-0.3, -0.25) is 0 Å². The molecule has 4 N–H and O–H groups in total. The van der Waals surface area contributed by atoms with Crippen LogP contribution in [-0.4, -0.2) is 36.4 Å². The van der Waals surface area contributed by atoms with Gasteiger partial charge in [0.05, 0.1) is 36.7 Å². The van der Waals surface area contributed by atoms with Crippen LogP contribution in [0.25, 0.3) is 0 Å². The van der Waals surface area contributed by atoms with Crippen LogP contribution in [0.1, 0.15) is 31.8 Å². The van der Waals surface area contributed by atoms with E-state index in [9.17, 15) is 19.8 Å². The molecule has 0 atom stereocenters. The van der Waals surface area contributed by atoms with Crippen molar-refractivity contribution < 1.29 is 29.3 Å². The number of phenols is 2. The van der Waals surface area contributed by atoms with E-state index in [-0.39, 0.29) is 22.6 Å². The van der Waals surface area contributed by atoms with Crippen LogP contribution in [0.5, 0.6) is 11.5 Å². The normalized spacial score (nSPS) is 10.3. The summed E-state index contributed by atoms with van der Waals surface area (Å²) >= 11 is 0. The summed E-state index contributed by atoms with van der Waals surface area (Å²) in [6, 6.07) is 16.9. The first-order valence-corrected chi connectivity index (χ1v) is 9.79. The smallest absolute Gasteiger partial charge is 0.337 e. The average Bonchev–Trinajstić information content (AvgIpc) is 2.82. The van der Waals surface area contributed by atoms with Gasteiger partial charge in [0.25, 0.3) is 0 Å². The maximum absolute atomic E-state index is 11.5. The van der Waals surface area contributed by atoms with E-state index in [0.717, 1.165) is 11.1 Å². The first-order chi connectivity index (χ1) is 15.4. The third-order valence-corrected chi connectivity index (χ3v) is 4.83. The van der Waals surface area contributed by atoms with Gasteiger partial charge in [-0.25, -0.2) is 9.59 Å². The molecule has 0 aliphatic heterocycles. The minimum atomic E-state index is -0.510. The fourth-order valence-corrected chi connectivity index (χ4v) is 3.02. The molecule has 0 aromatic heterocycles. The second kappa shape index (κ2) is 10.2. The number of anilines is 2. The molecule has 0 radical (unpaired) electrons. The molecule has 0 heterocycles. The van der Waals surface area contributed by atoms with Gasteiger partial charge in [0, 0.05) is 13.1 Å². The Balaban J connectivity index is 1.55. The topological polar surface area (TPSA) is 117 Å². The standard InChI is InChI=1S/C24H24N2O6/c1-31-23(29)17-7-9-19(21(27)11-17)25-13-15-3-5-16(6-4-15)14-26-20-10-8-18(12-22(20)28)24(30)32-2/h3-12,25-28H,13-14H2,1-2H3. The second-order valence-corrected chi connectivity index (χ2v) is 6.97. The van der Waals surface area contributed by atoms with E-state index in [4.69, 9.17) is 0 Å². The van der Waals surface area contributed by atoms with Crippen LogP contribution in [-0.2, 0) is 22.6 Å². The Labute approximate surface area is 185 Å². The van der Waals surface area contributed by atoms with E-state index < -0.39 is 11.9 Å². The van der Waals surface area contributed by atoms with Crippen molar-refractivity contribution in [2.75, 3.05) is 24.9 Å². The molecular formula is C24H24N2O6. The fourth-order valence-electron chi connectivity index (χ4n) is 3.02. The summed E-state index contributed by atoms with van der Waals surface area (Å²) in [7, 11) is 2.57. The number of aromatic hydroxyl groups is 2. The maximum atomic E-state index is 11.5. The number of hydrogen-bond donors (Lipinski definition) is 4. The first kappa shape index (κ1) is 22.5. The van der Waals surface area contributed by atoms with Gasteiger partial charge in [-0.15, -0.1) is 0 Å². The number of nitrogens with one attached hydrogen (secondary N) is 2. The number of rotatable bonds is 8. The number of hydrogen-bond acceptors (Lipinski definition) is 8. The highest BCUT2D eigenvalue weighted by Gasteiger charge is 2.10. The monoisotopic (exact) mass is 436 g/mol. The largest absolute Gasteiger partial charge is 0.506 e. The Morgan fingerprint density at radius 3 is 1.38 bits per heavy atom. The molecule has 8 nitrogen and oxygen atoms in total. The molecule has 3 aromatic carbocycles. The van der Waals surface area contributed by atoms with Gasteiger partial charge in [-0.05, 0) is 47.5 Å². The quantitative estimate of drug-likeness (QED) is 0.310. The molecule has 0 spiro atoms. The van der Waals surface area contributed by atoms with Crippen molar-refractivity contribution >= 4 is 23.3 Å². The average molecular weight is 436 g/mol. The Morgan fingerprint density at radius 2 is 1.06 bits per heavy atom. The molecule has 0 aliphatic rings. The van der Waals surface area contributed by atoms with Gasteiger partial charge in [0.1, 0.15) is 11.5 Å².